The zero-order valence-electron chi connectivity index (χ0n) is 11.8. The van der Waals surface area contributed by atoms with Crippen molar-refractivity contribution in [1.29, 1.82) is 0 Å². The fourth-order valence-electron chi connectivity index (χ4n) is 2.25. The molecule has 2 N–H and O–H groups in total. The van der Waals surface area contributed by atoms with Gasteiger partial charge in [0.25, 0.3) is 0 Å². The molecule has 21 heavy (non-hydrogen) atoms. The maximum atomic E-state index is 10.3. The Morgan fingerprint density at radius 3 is 2.29 bits per heavy atom. The van der Waals surface area contributed by atoms with E-state index in [0.29, 0.717) is 13.1 Å². The number of halogens is 1. The van der Waals surface area contributed by atoms with Gasteiger partial charge in [0, 0.05) is 24.1 Å². The van der Waals surface area contributed by atoms with Gasteiger partial charge in [-0.1, -0.05) is 58.4 Å². The molecule has 1 unspecified atom stereocenters. The van der Waals surface area contributed by atoms with Crippen LogP contribution in [-0.2, 0) is 6.54 Å². The molecule has 0 saturated heterocycles. The molecule has 0 radical (unpaired) electrons. The second-order valence-electron chi connectivity index (χ2n) is 5.01. The number of benzene rings is 2. The van der Waals surface area contributed by atoms with Crippen molar-refractivity contribution in [3.05, 3.63) is 70.2 Å². The lowest BCUT2D eigenvalue weighted by atomic mass is 10.1. The Morgan fingerprint density at radius 1 is 1.00 bits per heavy atom. The van der Waals surface area contributed by atoms with Crippen LogP contribution in [0.3, 0.4) is 0 Å². The number of hydrogen-bond acceptors (Lipinski definition) is 3. The molecule has 2 aromatic rings. The predicted octanol–water partition coefficient (Wildman–Crippen LogP) is 2.98. The normalized spacial score (nSPS) is 12.6. The summed E-state index contributed by atoms with van der Waals surface area (Å²) in [4.78, 5) is 2.06. The van der Waals surface area contributed by atoms with Crippen LogP contribution >= 0.6 is 15.9 Å². The van der Waals surface area contributed by atoms with E-state index in [9.17, 15) is 10.2 Å². The average molecular weight is 350 g/mol. The van der Waals surface area contributed by atoms with E-state index in [1.165, 1.54) is 5.56 Å². The lowest BCUT2D eigenvalue weighted by Gasteiger charge is -2.24. The van der Waals surface area contributed by atoms with E-state index in [0.717, 1.165) is 16.6 Å². The largest absolute Gasteiger partial charge is 0.395 e. The Balaban J connectivity index is 2.00. The highest BCUT2D eigenvalue weighted by atomic mass is 79.9. The number of aliphatic hydroxyl groups is 2. The van der Waals surface area contributed by atoms with Crippen LogP contribution in [-0.4, -0.2) is 34.8 Å². The molecule has 0 spiro atoms. The Hall–Kier alpha value is -1.20. The summed E-state index contributed by atoms with van der Waals surface area (Å²) < 4.78 is 0.995. The summed E-state index contributed by atoms with van der Waals surface area (Å²) >= 11 is 3.39. The molecule has 2 aromatic carbocycles. The fourth-order valence-corrected chi connectivity index (χ4v) is 2.52. The van der Waals surface area contributed by atoms with E-state index in [1.54, 1.807) is 0 Å². The van der Waals surface area contributed by atoms with Gasteiger partial charge >= 0.3 is 0 Å². The molecule has 0 bridgehead atoms. The van der Waals surface area contributed by atoms with Crippen molar-refractivity contribution in [2.45, 2.75) is 12.6 Å². The van der Waals surface area contributed by atoms with Crippen LogP contribution in [0.1, 0.15) is 17.2 Å². The van der Waals surface area contributed by atoms with Gasteiger partial charge in [0.1, 0.15) is 0 Å². The molecule has 0 aliphatic carbocycles. The summed E-state index contributed by atoms with van der Waals surface area (Å²) in [5, 5.41) is 19.6. The van der Waals surface area contributed by atoms with Crippen molar-refractivity contribution in [1.82, 2.24) is 4.90 Å². The minimum absolute atomic E-state index is 0.0832. The van der Waals surface area contributed by atoms with Gasteiger partial charge in [-0.2, -0.15) is 0 Å². The van der Waals surface area contributed by atoms with E-state index in [-0.39, 0.29) is 6.61 Å². The lowest BCUT2D eigenvalue weighted by molar-refractivity contribution is 0.0957. The molecule has 0 heterocycles. The van der Waals surface area contributed by atoms with Gasteiger partial charge in [-0.05, 0) is 23.3 Å². The minimum Gasteiger partial charge on any atom is -0.395 e. The van der Waals surface area contributed by atoms with Gasteiger partial charge in [-0.25, -0.2) is 0 Å². The Labute approximate surface area is 134 Å². The van der Waals surface area contributed by atoms with E-state index in [2.05, 4.69) is 33.0 Å². The third-order valence-corrected chi connectivity index (χ3v) is 3.88. The Kier molecular flexibility index (Phi) is 6.39. The topological polar surface area (TPSA) is 43.7 Å². The fraction of sp³-hybridized carbons (Fsp3) is 0.294. The van der Waals surface area contributed by atoms with Crippen molar-refractivity contribution in [2.75, 3.05) is 19.7 Å². The van der Waals surface area contributed by atoms with Crippen molar-refractivity contribution >= 4 is 15.9 Å². The summed E-state index contributed by atoms with van der Waals surface area (Å²) in [5.41, 5.74) is 2.06. The van der Waals surface area contributed by atoms with E-state index >= 15 is 0 Å². The first-order chi connectivity index (χ1) is 10.2. The molecular weight excluding hydrogens is 330 g/mol. The quantitative estimate of drug-likeness (QED) is 0.807. The monoisotopic (exact) mass is 349 g/mol. The number of aliphatic hydroxyl groups excluding tert-OH is 2. The third kappa shape index (κ3) is 5.25. The highest BCUT2D eigenvalue weighted by Gasteiger charge is 2.13. The highest BCUT2D eigenvalue weighted by molar-refractivity contribution is 9.10. The van der Waals surface area contributed by atoms with Crippen LogP contribution in [0.4, 0.5) is 0 Å². The van der Waals surface area contributed by atoms with Gasteiger partial charge in [0.05, 0.1) is 12.7 Å². The van der Waals surface area contributed by atoms with Crippen LogP contribution in [0.25, 0.3) is 0 Å². The van der Waals surface area contributed by atoms with Crippen LogP contribution in [0.2, 0.25) is 0 Å². The molecule has 0 aliphatic heterocycles. The molecular formula is C17H20BrNO2. The van der Waals surface area contributed by atoms with E-state index in [4.69, 9.17) is 0 Å². The molecule has 0 amide bonds. The first kappa shape index (κ1) is 16.2. The van der Waals surface area contributed by atoms with Gasteiger partial charge in [0.2, 0.25) is 0 Å². The average Bonchev–Trinajstić information content (AvgIpc) is 2.49. The summed E-state index contributed by atoms with van der Waals surface area (Å²) in [6.45, 7) is 1.84. The molecule has 1 atom stereocenters. The predicted molar refractivity (Wildman–Crippen MR) is 87.9 cm³/mol. The molecule has 0 aliphatic rings. The maximum absolute atomic E-state index is 10.3. The van der Waals surface area contributed by atoms with E-state index < -0.39 is 6.10 Å². The van der Waals surface area contributed by atoms with Gasteiger partial charge < -0.3 is 10.2 Å². The zero-order chi connectivity index (χ0) is 15.1. The van der Waals surface area contributed by atoms with Crippen LogP contribution in [0.5, 0.6) is 0 Å². The minimum atomic E-state index is -0.562. The van der Waals surface area contributed by atoms with Gasteiger partial charge in [-0.15, -0.1) is 0 Å². The molecule has 0 saturated carbocycles. The second kappa shape index (κ2) is 8.29. The number of nitrogens with zero attached hydrogens (tertiary/aromatic N) is 1. The zero-order valence-corrected chi connectivity index (χ0v) is 13.4. The summed E-state index contributed by atoms with van der Waals surface area (Å²) in [6, 6.07) is 17.7. The van der Waals surface area contributed by atoms with Gasteiger partial charge in [-0.3, -0.25) is 4.90 Å². The van der Waals surface area contributed by atoms with Crippen molar-refractivity contribution < 1.29 is 10.2 Å². The molecule has 112 valence electrons. The summed E-state index contributed by atoms with van der Waals surface area (Å²) in [7, 11) is 0. The molecule has 3 nitrogen and oxygen atoms in total. The summed E-state index contributed by atoms with van der Waals surface area (Å²) in [5.74, 6) is 0. The van der Waals surface area contributed by atoms with Crippen molar-refractivity contribution in [2.24, 2.45) is 0 Å². The van der Waals surface area contributed by atoms with Crippen molar-refractivity contribution in [3.8, 4) is 0 Å². The van der Waals surface area contributed by atoms with Crippen LogP contribution < -0.4 is 0 Å². The van der Waals surface area contributed by atoms with Gasteiger partial charge in [0.15, 0.2) is 0 Å². The Bertz CT molecular complexity index is 530. The molecule has 0 aromatic heterocycles. The number of hydrogen-bond donors (Lipinski definition) is 2. The van der Waals surface area contributed by atoms with Crippen LogP contribution in [0.15, 0.2) is 59.1 Å². The Morgan fingerprint density at radius 2 is 1.67 bits per heavy atom. The third-order valence-electron chi connectivity index (χ3n) is 3.35. The first-order valence-corrected chi connectivity index (χ1v) is 7.79. The molecule has 0 fully saturated rings. The maximum Gasteiger partial charge on any atom is 0.0917 e. The SMILES string of the molecule is OCCN(Cc1ccccc1)CC(O)c1ccc(Br)cc1. The smallest absolute Gasteiger partial charge is 0.0917 e. The first-order valence-electron chi connectivity index (χ1n) is 6.99. The van der Waals surface area contributed by atoms with Crippen LogP contribution in [0, 0.1) is 0 Å². The molecule has 2 rings (SSSR count). The van der Waals surface area contributed by atoms with Crippen molar-refractivity contribution in [3.63, 3.8) is 0 Å². The standard InChI is InChI=1S/C17H20BrNO2/c18-16-8-6-15(7-9-16)17(21)13-19(10-11-20)12-14-4-2-1-3-5-14/h1-9,17,20-21H,10-13H2. The lowest BCUT2D eigenvalue weighted by Crippen LogP contribution is -2.31. The molecule has 4 heteroatoms. The summed E-state index contributed by atoms with van der Waals surface area (Å²) in [6.07, 6.45) is -0.562. The number of rotatable bonds is 7. The van der Waals surface area contributed by atoms with E-state index in [1.807, 2.05) is 42.5 Å². The second-order valence-corrected chi connectivity index (χ2v) is 5.93. The highest BCUT2D eigenvalue weighted by Crippen LogP contribution is 2.18.